The van der Waals surface area contributed by atoms with E-state index >= 15 is 0 Å². The Bertz CT molecular complexity index is 34.5. The van der Waals surface area contributed by atoms with E-state index in [1.165, 1.54) is 6.38 Å². The van der Waals surface area contributed by atoms with Crippen LogP contribution in [0.3, 0.4) is 0 Å². The first-order chi connectivity index (χ1) is 2.73. The second kappa shape index (κ2) is 8.82. The number of hydrogen-bond donors (Lipinski definition) is 2. The first-order valence-corrected chi connectivity index (χ1v) is 1.85. The number of carboxylic acid groups (broad SMARTS) is 1. The number of halogens is 1. The maximum Gasteiger partial charge on any atom is 0.402 e. The van der Waals surface area contributed by atoms with Gasteiger partial charge in [-0.05, 0) is 0 Å². The van der Waals surface area contributed by atoms with Gasteiger partial charge in [0.15, 0.2) is 0 Å². The predicted octanol–water partition coefficient (Wildman–Crippen LogP) is 0.478. The minimum Gasteiger partial charge on any atom is -0.465 e. The molecule has 0 aromatic heterocycles. The van der Waals surface area contributed by atoms with E-state index < -0.39 is 6.09 Å². The van der Waals surface area contributed by atoms with Gasteiger partial charge in [0, 0.05) is 6.38 Å². The van der Waals surface area contributed by atoms with Gasteiger partial charge in [-0.25, -0.2) is 4.79 Å². The number of carbonyl (C=O) groups is 1. The Morgan fingerprint density at radius 1 is 1.83 bits per heavy atom. The molecule has 6 heavy (non-hydrogen) atoms. The quantitative estimate of drug-likeness (QED) is 0.447. The molecule has 3 nitrogen and oxygen atoms in total. The van der Waals surface area contributed by atoms with Crippen LogP contribution in [0.4, 0.5) is 4.79 Å². The summed E-state index contributed by atoms with van der Waals surface area (Å²) in [6.07, 6.45) is 0.139. The Morgan fingerprint density at radius 3 is 1.83 bits per heavy atom. The number of hydrogen-bond acceptors (Lipinski definition) is 1. The largest absolute Gasteiger partial charge is 0.465 e. The van der Waals surface area contributed by atoms with Crippen LogP contribution in [0, 0.1) is 0 Å². The lowest BCUT2D eigenvalue weighted by atomic mass is 11.3. The van der Waals surface area contributed by atoms with Crippen molar-refractivity contribution >= 4 is 17.7 Å². The van der Waals surface area contributed by atoms with Crippen molar-refractivity contribution in [1.29, 1.82) is 0 Å². The van der Waals surface area contributed by atoms with E-state index in [1.54, 1.807) is 0 Å². The lowest BCUT2D eigenvalue weighted by Gasteiger charge is -1.61. The molecule has 0 heterocycles. The second-order valence-corrected chi connectivity index (χ2v) is 0.338. The smallest absolute Gasteiger partial charge is 0.402 e. The van der Waals surface area contributed by atoms with Crippen LogP contribution in [-0.4, -0.2) is 17.6 Å². The molecule has 0 aromatic carbocycles. The van der Waals surface area contributed by atoms with Gasteiger partial charge >= 0.3 is 6.09 Å². The van der Waals surface area contributed by atoms with Crippen molar-refractivity contribution in [3.05, 3.63) is 0 Å². The molecule has 0 atom stereocenters. The zero-order valence-electron chi connectivity index (χ0n) is 3.31. The molecule has 38 valence electrons. The standard InChI is InChI=1S/CH3Cl.CH3NO2/c1-2;2-1(3)4/h1H3;2H2,(H,3,4). The zero-order valence-corrected chi connectivity index (χ0v) is 4.07. The molecule has 0 aliphatic rings. The predicted molar refractivity (Wildman–Crippen MR) is 24.0 cm³/mol. The van der Waals surface area contributed by atoms with Gasteiger partial charge < -0.3 is 10.8 Å². The lowest BCUT2D eigenvalue weighted by Crippen LogP contribution is -2.03. The molecule has 0 saturated heterocycles. The Morgan fingerprint density at radius 2 is 1.83 bits per heavy atom. The summed E-state index contributed by atoms with van der Waals surface area (Å²) in [4.78, 5) is 8.78. The highest BCUT2D eigenvalue weighted by Gasteiger charge is 1.65. The van der Waals surface area contributed by atoms with Gasteiger partial charge in [-0.15, -0.1) is 11.6 Å². The van der Waals surface area contributed by atoms with Crippen LogP contribution in [0.1, 0.15) is 0 Å². The molecule has 3 N–H and O–H groups in total. The number of primary amides is 1. The molecular formula is C2H6ClNO2. The third-order valence-electron chi connectivity index (χ3n) is 0. The van der Waals surface area contributed by atoms with Crippen LogP contribution < -0.4 is 5.73 Å². The van der Waals surface area contributed by atoms with E-state index in [-0.39, 0.29) is 0 Å². The maximum atomic E-state index is 8.78. The third-order valence-corrected chi connectivity index (χ3v) is 0. The molecule has 0 aliphatic carbocycles. The van der Waals surface area contributed by atoms with Crippen molar-refractivity contribution in [3.63, 3.8) is 0 Å². The summed E-state index contributed by atoms with van der Waals surface area (Å²) in [6.45, 7) is 0. The van der Waals surface area contributed by atoms with Crippen LogP contribution >= 0.6 is 11.6 Å². The van der Waals surface area contributed by atoms with E-state index in [4.69, 9.17) is 9.90 Å². The molecule has 1 amide bonds. The number of alkyl halides is 1. The van der Waals surface area contributed by atoms with Crippen LogP contribution in [0.25, 0.3) is 0 Å². The first kappa shape index (κ1) is 9.12. The van der Waals surface area contributed by atoms with Crippen LogP contribution in [0.15, 0.2) is 0 Å². The van der Waals surface area contributed by atoms with Crippen LogP contribution in [0.5, 0.6) is 0 Å². The van der Waals surface area contributed by atoms with Crippen molar-refractivity contribution in [2.75, 3.05) is 6.38 Å². The molecule has 0 radical (unpaired) electrons. The number of amides is 1. The summed E-state index contributed by atoms with van der Waals surface area (Å²) in [7, 11) is 0. The average Bonchev–Trinajstić information content (AvgIpc) is 1.41. The molecule has 0 aliphatic heterocycles. The first-order valence-electron chi connectivity index (χ1n) is 1.09. The molecule has 0 saturated carbocycles. The highest BCUT2D eigenvalue weighted by atomic mass is 35.5. The molecule has 0 spiro atoms. The van der Waals surface area contributed by atoms with E-state index in [0.29, 0.717) is 0 Å². The van der Waals surface area contributed by atoms with Gasteiger partial charge in [0.1, 0.15) is 0 Å². The third kappa shape index (κ3) is 121. The van der Waals surface area contributed by atoms with Gasteiger partial charge in [0.05, 0.1) is 0 Å². The minimum atomic E-state index is -1.33. The van der Waals surface area contributed by atoms with Crippen molar-refractivity contribution in [1.82, 2.24) is 0 Å². The Hall–Kier alpha value is -0.440. The summed E-state index contributed by atoms with van der Waals surface area (Å²) in [6, 6.07) is 0. The van der Waals surface area contributed by atoms with Gasteiger partial charge in [-0.2, -0.15) is 0 Å². The molecule has 0 fully saturated rings. The normalized spacial score (nSPS) is 5.00. The van der Waals surface area contributed by atoms with Crippen molar-refractivity contribution in [2.24, 2.45) is 5.73 Å². The van der Waals surface area contributed by atoms with E-state index in [9.17, 15) is 0 Å². The second-order valence-electron chi connectivity index (χ2n) is 0.338. The molecule has 4 heteroatoms. The highest BCUT2D eigenvalue weighted by molar-refractivity contribution is 6.15. The van der Waals surface area contributed by atoms with Crippen LogP contribution in [-0.2, 0) is 0 Å². The Labute approximate surface area is 40.7 Å². The summed E-state index contributed by atoms with van der Waals surface area (Å²) in [5, 5.41) is 7.19. The van der Waals surface area contributed by atoms with E-state index in [2.05, 4.69) is 17.3 Å². The Kier molecular flexibility index (Phi) is 13.4. The number of nitrogens with two attached hydrogens (primary N) is 1. The topological polar surface area (TPSA) is 63.3 Å². The van der Waals surface area contributed by atoms with Gasteiger partial charge in [-0.1, -0.05) is 0 Å². The Balaban J connectivity index is 0. The average molecular weight is 112 g/mol. The number of rotatable bonds is 0. The summed E-state index contributed by atoms with van der Waals surface area (Å²) >= 11 is 4.64. The summed E-state index contributed by atoms with van der Waals surface area (Å²) in [5.74, 6) is 0. The molecule has 0 unspecified atom stereocenters. The van der Waals surface area contributed by atoms with Gasteiger partial charge in [-0.3, -0.25) is 0 Å². The van der Waals surface area contributed by atoms with Crippen LogP contribution in [0.2, 0.25) is 0 Å². The van der Waals surface area contributed by atoms with E-state index in [0.717, 1.165) is 0 Å². The minimum absolute atomic E-state index is 1.33. The van der Waals surface area contributed by atoms with Gasteiger partial charge in [0.2, 0.25) is 0 Å². The zero-order chi connectivity index (χ0) is 5.58. The fourth-order valence-corrected chi connectivity index (χ4v) is 0. The fourth-order valence-electron chi connectivity index (χ4n) is 0. The van der Waals surface area contributed by atoms with Crippen molar-refractivity contribution in [3.8, 4) is 0 Å². The van der Waals surface area contributed by atoms with Crippen molar-refractivity contribution < 1.29 is 9.90 Å². The molecule has 0 aromatic rings. The lowest BCUT2D eigenvalue weighted by molar-refractivity contribution is 0.205. The highest BCUT2D eigenvalue weighted by Crippen LogP contribution is 1.34. The van der Waals surface area contributed by atoms with Gasteiger partial charge in [0.25, 0.3) is 0 Å². The summed E-state index contributed by atoms with van der Waals surface area (Å²) in [5.41, 5.74) is 4.03. The SMILES string of the molecule is CCl.NC(=O)O. The molecule has 0 bridgehead atoms. The maximum absolute atomic E-state index is 8.78. The van der Waals surface area contributed by atoms with E-state index in [1.807, 2.05) is 0 Å². The van der Waals surface area contributed by atoms with Crippen molar-refractivity contribution in [2.45, 2.75) is 0 Å². The monoisotopic (exact) mass is 111 g/mol. The fraction of sp³-hybridized carbons (Fsp3) is 0.500. The summed E-state index contributed by atoms with van der Waals surface area (Å²) < 4.78 is 0. The molecular weight excluding hydrogens is 105 g/mol. The molecule has 0 rings (SSSR count).